The Morgan fingerprint density at radius 2 is 1.62 bits per heavy atom. The number of rotatable bonds is 20. The zero-order valence-electron chi connectivity index (χ0n) is 34.3. The lowest BCUT2D eigenvalue weighted by Crippen LogP contribution is -2.58. The summed E-state index contributed by atoms with van der Waals surface area (Å²) in [5, 5.41) is 10.8. The highest BCUT2D eigenvalue weighted by Crippen LogP contribution is 2.31. The summed E-state index contributed by atoms with van der Waals surface area (Å²) in [5.41, 5.74) is 5.50. The van der Waals surface area contributed by atoms with Gasteiger partial charge in [0.1, 0.15) is 18.1 Å². The summed E-state index contributed by atoms with van der Waals surface area (Å²) in [5.74, 6) is -5.10. The van der Waals surface area contributed by atoms with Gasteiger partial charge in [-0.1, -0.05) is 75.7 Å². The number of hydrogen-bond acceptors (Lipinski definition) is 10. The molecule has 3 unspecified atom stereocenters. The lowest BCUT2D eigenvalue weighted by atomic mass is 9.83. The topological polar surface area (TPSA) is 225 Å². The second-order valence-electron chi connectivity index (χ2n) is 16.3. The number of amides is 6. The van der Waals surface area contributed by atoms with Crippen molar-refractivity contribution in [1.29, 1.82) is 0 Å². The molecular formula is C40H60Cl2N6O10. The first-order valence-corrected chi connectivity index (χ1v) is 20.7. The fourth-order valence-corrected chi connectivity index (χ4v) is 7.02. The van der Waals surface area contributed by atoms with Crippen molar-refractivity contribution in [1.82, 2.24) is 26.2 Å². The molecule has 2 aliphatic rings. The third-order valence-electron chi connectivity index (χ3n) is 9.73. The maximum atomic E-state index is 14.5. The maximum Gasteiger partial charge on any atom is 0.407 e. The van der Waals surface area contributed by atoms with Crippen LogP contribution >= 0.6 is 23.2 Å². The second kappa shape index (κ2) is 23.0. The number of carbonyl (C=O) groups is 7. The zero-order valence-corrected chi connectivity index (χ0v) is 35.8. The Morgan fingerprint density at radius 3 is 2.22 bits per heavy atom. The zero-order chi connectivity index (χ0) is 43.2. The number of ether oxygens (including phenoxy) is 3. The monoisotopic (exact) mass is 854 g/mol. The number of halogens is 2. The molecule has 1 saturated carbocycles. The highest BCUT2D eigenvalue weighted by Gasteiger charge is 2.45. The molecule has 6 amide bonds. The summed E-state index contributed by atoms with van der Waals surface area (Å²) < 4.78 is 17.1. The quantitative estimate of drug-likeness (QED) is 0.120. The van der Waals surface area contributed by atoms with Crippen molar-refractivity contribution in [3.8, 4) is 0 Å². The highest BCUT2D eigenvalue weighted by molar-refractivity contribution is 6.42. The Balaban J connectivity index is 1.79. The molecule has 58 heavy (non-hydrogen) atoms. The summed E-state index contributed by atoms with van der Waals surface area (Å²) in [6, 6.07) is 0.442. The van der Waals surface area contributed by atoms with E-state index in [1.807, 2.05) is 13.8 Å². The normalized spacial score (nSPS) is 18.8. The molecule has 1 aliphatic heterocycles. The molecule has 1 aromatic carbocycles. The van der Waals surface area contributed by atoms with Crippen LogP contribution in [-0.4, -0.2) is 108 Å². The van der Waals surface area contributed by atoms with E-state index in [2.05, 4.69) is 21.3 Å². The van der Waals surface area contributed by atoms with E-state index >= 15 is 0 Å². The molecule has 0 radical (unpaired) electrons. The molecule has 0 spiro atoms. The van der Waals surface area contributed by atoms with Gasteiger partial charge < -0.3 is 46.1 Å². The molecule has 16 nitrogen and oxygen atoms in total. The first-order chi connectivity index (χ1) is 27.3. The fraction of sp³-hybridized carbons (Fsp3) is 0.675. The van der Waals surface area contributed by atoms with Gasteiger partial charge in [-0.15, -0.1) is 0 Å². The van der Waals surface area contributed by atoms with Gasteiger partial charge >= 0.3 is 6.09 Å². The van der Waals surface area contributed by atoms with Crippen molar-refractivity contribution in [2.24, 2.45) is 17.6 Å². The SMILES string of the molecule is CCCC(NC(=O)[C@@H]1C[C@@H](OCc2ccc(Cl)c(Cl)c2)CN1C(=O)C(NC(=O)OCC(C)C)C1CCCCC1)C(=O)C(=O)NCC(=O)NC(COC(C)(C)C)C(N)=O. The molecule has 324 valence electrons. The minimum atomic E-state index is -1.30. The van der Waals surface area contributed by atoms with Crippen LogP contribution in [0.5, 0.6) is 0 Å². The minimum absolute atomic E-state index is 0.000733. The van der Waals surface area contributed by atoms with E-state index in [9.17, 15) is 33.6 Å². The number of alkyl carbamates (subject to hydrolysis) is 1. The molecule has 2 fully saturated rings. The smallest absolute Gasteiger partial charge is 0.407 e. The van der Waals surface area contributed by atoms with Crippen LogP contribution in [0.3, 0.4) is 0 Å². The van der Waals surface area contributed by atoms with Crippen LogP contribution in [0.2, 0.25) is 10.0 Å². The van der Waals surface area contributed by atoms with Gasteiger partial charge in [-0.25, -0.2) is 4.79 Å². The van der Waals surface area contributed by atoms with E-state index in [0.29, 0.717) is 34.9 Å². The van der Waals surface area contributed by atoms with Crippen molar-refractivity contribution in [3.63, 3.8) is 0 Å². The Kier molecular flexibility index (Phi) is 19.2. The van der Waals surface area contributed by atoms with Crippen LogP contribution in [0.25, 0.3) is 0 Å². The summed E-state index contributed by atoms with van der Waals surface area (Å²) in [6.45, 7) is 10.2. The van der Waals surface area contributed by atoms with Crippen molar-refractivity contribution in [2.75, 3.05) is 26.3 Å². The predicted molar refractivity (Wildman–Crippen MR) is 217 cm³/mol. The third kappa shape index (κ3) is 15.6. The minimum Gasteiger partial charge on any atom is -0.449 e. The number of Topliss-reactive ketones (excluding diaryl/α,β-unsaturated/α-hetero) is 1. The molecule has 6 N–H and O–H groups in total. The largest absolute Gasteiger partial charge is 0.449 e. The van der Waals surface area contributed by atoms with Gasteiger partial charge in [-0.05, 0) is 69.6 Å². The second-order valence-corrected chi connectivity index (χ2v) is 17.1. The number of ketones is 1. The molecule has 18 heteroatoms. The Hall–Kier alpha value is -3.99. The first kappa shape index (κ1) is 48.4. The summed E-state index contributed by atoms with van der Waals surface area (Å²) in [6.07, 6.45) is 3.28. The molecule has 1 heterocycles. The van der Waals surface area contributed by atoms with Crippen LogP contribution in [0.15, 0.2) is 18.2 Å². The number of nitrogens with zero attached hydrogens (tertiary/aromatic N) is 1. The maximum absolute atomic E-state index is 14.5. The van der Waals surface area contributed by atoms with E-state index in [4.69, 9.17) is 43.1 Å². The van der Waals surface area contributed by atoms with Crippen LogP contribution in [0, 0.1) is 11.8 Å². The Labute approximate surface area is 350 Å². The summed E-state index contributed by atoms with van der Waals surface area (Å²) in [7, 11) is 0. The average Bonchev–Trinajstić information content (AvgIpc) is 3.61. The van der Waals surface area contributed by atoms with E-state index in [0.717, 1.165) is 19.3 Å². The molecule has 1 aliphatic carbocycles. The van der Waals surface area contributed by atoms with Gasteiger partial charge in [0.15, 0.2) is 0 Å². The number of primary amides is 1. The fourth-order valence-electron chi connectivity index (χ4n) is 6.70. The van der Waals surface area contributed by atoms with Gasteiger partial charge in [0.25, 0.3) is 5.91 Å². The number of hydrogen-bond donors (Lipinski definition) is 5. The summed E-state index contributed by atoms with van der Waals surface area (Å²) in [4.78, 5) is 93.9. The molecule has 0 bridgehead atoms. The predicted octanol–water partition coefficient (Wildman–Crippen LogP) is 3.57. The number of nitrogens with one attached hydrogen (secondary N) is 4. The molecule has 1 aromatic rings. The average molecular weight is 856 g/mol. The van der Waals surface area contributed by atoms with Gasteiger partial charge in [-0.2, -0.15) is 0 Å². The lowest BCUT2D eigenvalue weighted by molar-refractivity contribution is -0.143. The number of benzene rings is 1. The van der Waals surface area contributed by atoms with E-state index in [-0.39, 0.29) is 51.0 Å². The van der Waals surface area contributed by atoms with Crippen molar-refractivity contribution in [2.45, 2.75) is 135 Å². The summed E-state index contributed by atoms with van der Waals surface area (Å²) >= 11 is 12.3. The standard InChI is InChI=1S/C40H60Cl2N6O10/c1-7-11-29(34(50)37(53)44-18-32(49)45-30(35(43)51)22-58-40(4,5)6)46-36(52)31-17-26(56-21-24-14-15-27(41)28(42)16-24)19-48(31)38(54)33(25-12-9-8-10-13-25)47-39(55)57-20-23(2)3/h14-16,23,25-26,29-31,33H,7-13,17-22H2,1-6H3,(H2,43,51)(H,44,53)(H,45,49)(H,46,52)(H,47,55)/t26-,29?,30?,31+,33?/m1/s1. The van der Waals surface area contributed by atoms with Gasteiger partial charge in [0.2, 0.25) is 29.4 Å². The van der Waals surface area contributed by atoms with Crippen LogP contribution in [0.1, 0.15) is 98.5 Å². The van der Waals surface area contributed by atoms with E-state index in [1.165, 1.54) is 4.90 Å². The van der Waals surface area contributed by atoms with Crippen LogP contribution < -0.4 is 27.0 Å². The lowest BCUT2D eigenvalue weighted by Gasteiger charge is -2.34. The molecule has 0 aromatic heterocycles. The van der Waals surface area contributed by atoms with E-state index < -0.39 is 83.8 Å². The van der Waals surface area contributed by atoms with Gasteiger partial charge in [-0.3, -0.25) is 28.8 Å². The van der Waals surface area contributed by atoms with Crippen molar-refractivity contribution in [3.05, 3.63) is 33.8 Å². The van der Waals surface area contributed by atoms with Crippen molar-refractivity contribution >= 4 is 64.6 Å². The van der Waals surface area contributed by atoms with Crippen molar-refractivity contribution < 1.29 is 47.8 Å². The highest BCUT2D eigenvalue weighted by atomic mass is 35.5. The number of carbonyl (C=O) groups excluding carboxylic acids is 7. The number of nitrogens with two attached hydrogens (primary N) is 1. The molecule has 3 rings (SSSR count). The van der Waals surface area contributed by atoms with E-state index in [1.54, 1.807) is 45.9 Å². The molecule has 5 atom stereocenters. The Bertz CT molecular complexity index is 1620. The Morgan fingerprint density at radius 1 is 0.931 bits per heavy atom. The molecular weight excluding hydrogens is 795 g/mol. The molecule has 1 saturated heterocycles. The first-order valence-electron chi connectivity index (χ1n) is 19.9. The van der Waals surface area contributed by atoms with Gasteiger partial charge in [0.05, 0.1) is 54.2 Å². The van der Waals surface area contributed by atoms with Gasteiger partial charge in [0, 0.05) is 13.0 Å². The van der Waals surface area contributed by atoms with Crippen LogP contribution in [-0.2, 0) is 49.6 Å². The van der Waals surface area contributed by atoms with Crippen LogP contribution in [0.4, 0.5) is 4.79 Å². The number of likely N-dealkylation sites (tertiary alicyclic amines) is 1. The third-order valence-corrected chi connectivity index (χ3v) is 10.5.